The molecule has 0 bridgehead atoms. The summed E-state index contributed by atoms with van der Waals surface area (Å²) >= 11 is 0. The van der Waals surface area contributed by atoms with Crippen molar-refractivity contribution in [2.75, 3.05) is 26.2 Å². The van der Waals surface area contributed by atoms with Crippen molar-refractivity contribution in [2.24, 2.45) is 11.7 Å². The monoisotopic (exact) mass is 290 g/mol. The molecule has 2 rings (SSSR count). The van der Waals surface area contributed by atoms with E-state index in [9.17, 15) is 0 Å². The summed E-state index contributed by atoms with van der Waals surface area (Å²) in [6.45, 7) is 8.08. The van der Waals surface area contributed by atoms with Crippen LogP contribution in [0.3, 0.4) is 0 Å². The minimum atomic E-state index is 0.187. The van der Waals surface area contributed by atoms with Crippen molar-refractivity contribution >= 4 is 0 Å². The number of para-hydroxylation sites is 1. The van der Waals surface area contributed by atoms with Crippen LogP contribution in [0, 0.1) is 5.92 Å². The number of nitrogens with zero attached hydrogens (tertiary/aromatic N) is 1. The number of benzene rings is 1. The zero-order valence-corrected chi connectivity index (χ0v) is 13.6. The van der Waals surface area contributed by atoms with E-state index in [1.807, 2.05) is 30.3 Å². The number of rotatable bonds is 7. The first-order valence-electron chi connectivity index (χ1n) is 8.33. The van der Waals surface area contributed by atoms with E-state index in [-0.39, 0.29) is 5.54 Å². The molecule has 0 amide bonds. The number of ether oxygens (including phenoxy) is 1. The van der Waals surface area contributed by atoms with E-state index in [1.165, 1.54) is 25.7 Å². The van der Waals surface area contributed by atoms with Crippen LogP contribution in [0.2, 0.25) is 0 Å². The first-order chi connectivity index (χ1) is 10.2. The zero-order valence-electron chi connectivity index (χ0n) is 13.6. The Bertz CT molecular complexity index is 409. The quantitative estimate of drug-likeness (QED) is 0.837. The van der Waals surface area contributed by atoms with Crippen LogP contribution in [-0.2, 0) is 0 Å². The van der Waals surface area contributed by atoms with E-state index in [1.54, 1.807) is 0 Å². The summed E-state index contributed by atoms with van der Waals surface area (Å²) < 4.78 is 5.86. The maximum atomic E-state index is 6.18. The van der Waals surface area contributed by atoms with Gasteiger partial charge >= 0.3 is 0 Å². The lowest BCUT2D eigenvalue weighted by molar-refractivity contribution is 0.0332. The van der Waals surface area contributed by atoms with Gasteiger partial charge in [0, 0.05) is 18.6 Å². The van der Waals surface area contributed by atoms with Gasteiger partial charge in [0.15, 0.2) is 0 Å². The number of likely N-dealkylation sites (N-methyl/N-ethyl adjacent to an activating group) is 1. The van der Waals surface area contributed by atoms with Gasteiger partial charge in [0.25, 0.3) is 0 Å². The summed E-state index contributed by atoms with van der Waals surface area (Å²) in [6.07, 6.45) is 5.10. The summed E-state index contributed by atoms with van der Waals surface area (Å²) in [5.74, 6) is 1.73. The molecule has 0 aliphatic heterocycles. The van der Waals surface area contributed by atoms with Crippen molar-refractivity contribution in [1.82, 2.24) is 4.90 Å². The molecule has 2 atom stereocenters. The van der Waals surface area contributed by atoms with Gasteiger partial charge in [0.2, 0.25) is 0 Å². The fourth-order valence-corrected chi connectivity index (χ4v) is 3.76. The topological polar surface area (TPSA) is 38.5 Å². The third-order valence-electron chi connectivity index (χ3n) is 4.87. The average Bonchev–Trinajstić information content (AvgIpc) is 2.52. The van der Waals surface area contributed by atoms with Gasteiger partial charge in [-0.1, -0.05) is 44.9 Å². The lowest BCUT2D eigenvalue weighted by Gasteiger charge is -2.47. The van der Waals surface area contributed by atoms with Crippen LogP contribution < -0.4 is 10.5 Å². The second kappa shape index (κ2) is 7.81. The predicted octanol–water partition coefficient (Wildman–Crippen LogP) is 3.29. The molecule has 3 nitrogen and oxygen atoms in total. The van der Waals surface area contributed by atoms with Crippen LogP contribution in [0.15, 0.2) is 30.3 Å². The molecule has 1 saturated carbocycles. The molecule has 21 heavy (non-hydrogen) atoms. The van der Waals surface area contributed by atoms with E-state index in [2.05, 4.69) is 18.7 Å². The second-order valence-corrected chi connectivity index (χ2v) is 6.37. The fourth-order valence-electron chi connectivity index (χ4n) is 3.76. The Balaban J connectivity index is 1.91. The summed E-state index contributed by atoms with van der Waals surface area (Å²) in [7, 11) is 0. The van der Waals surface area contributed by atoms with Crippen molar-refractivity contribution in [1.29, 1.82) is 0 Å². The van der Waals surface area contributed by atoms with Gasteiger partial charge in [-0.2, -0.15) is 0 Å². The zero-order chi connectivity index (χ0) is 15.1. The Morgan fingerprint density at radius 1 is 1.33 bits per heavy atom. The molecule has 0 aromatic heterocycles. The third-order valence-corrected chi connectivity index (χ3v) is 4.87. The number of hydrogen-bond donors (Lipinski definition) is 1. The smallest absolute Gasteiger partial charge is 0.119 e. The van der Waals surface area contributed by atoms with E-state index in [0.717, 1.165) is 37.9 Å². The van der Waals surface area contributed by atoms with Crippen molar-refractivity contribution in [3.05, 3.63) is 30.3 Å². The molecule has 1 fully saturated rings. The highest BCUT2D eigenvalue weighted by molar-refractivity contribution is 5.20. The third kappa shape index (κ3) is 4.21. The van der Waals surface area contributed by atoms with Crippen LogP contribution in [0.25, 0.3) is 0 Å². The van der Waals surface area contributed by atoms with Crippen molar-refractivity contribution < 1.29 is 4.74 Å². The number of nitrogens with two attached hydrogens (primary N) is 1. The SMILES string of the molecule is CCN(CCOc1ccccc1)C1(CN)CCCC(C)C1. The Morgan fingerprint density at radius 2 is 2.10 bits per heavy atom. The van der Waals surface area contributed by atoms with E-state index < -0.39 is 0 Å². The van der Waals surface area contributed by atoms with Gasteiger partial charge in [-0.05, 0) is 37.4 Å². The van der Waals surface area contributed by atoms with Crippen LogP contribution in [0.1, 0.15) is 39.5 Å². The first-order valence-corrected chi connectivity index (χ1v) is 8.33. The van der Waals surface area contributed by atoms with Gasteiger partial charge in [0.1, 0.15) is 12.4 Å². The maximum absolute atomic E-state index is 6.18. The highest BCUT2D eigenvalue weighted by atomic mass is 16.5. The molecule has 0 heterocycles. The Hall–Kier alpha value is -1.06. The first kappa shape index (κ1) is 16.3. The van der Waals surface area contributed by atoms with E-state index in [4.69, 9.17) is 10.5 Å². The molecule has 0 radical (unpaired) electrons. The maximum Gasteiger partial charge on any atom is 0.119 e. The van der Waals surface area contributed by atoms with Crippen LogP contribution in [-0.4, -0.2) is 36.7 Å². The van der Waals surface area contributed by atoms with Crippen LogP contribution in [0.4, 0.5) is 0 Å². The summed E-state index contributed by atoms with van der Waals surface area (Å²) in [5.41, 5.74) is 6.36. The summed E-state index contributed by atoms with van der Waals surface area (Å²) in [4.78, 5) is 2.55. The molecule has 1 aliphatic carbocycles. The van der Waals surface area contributed by atoms with E-state index in [0.29, 0.717) is 0 Å². The fraction of sp³-hybridized carbons (Fsp3) is 0.667. The lowest BCUT2D eigenvalue weighted by Crippen LogP contribution is -2.57. The molecule has 0 saturated heterocycles. The summed E-state index contributed by atoms with van der Waals surface area (Å²) in [5, 5.41) is 0. The van der Waals surface area contributed by atoms with Gasteiger partial charge in [-0.3, -0.25) is 4.90 Å². The number of hydrogen-bond acceptors (Lipinski definition) is 3. The van der Waals surface area contributed by atoms with Crippen molar-refractivity contribution in [3.63, 3.8) is 0 Å². The molecular weight excluding hydrogens is 260 g/mol. The predicted molar refractivity (Wildman–Crippen MR) is 88.6 cm³/mol. The normalized spacial score (nSPS) is 26.0. The summed E-state index contributed by atoms with van der Waals surface area (Å²) in [6, 6.07) is 10.1. The highest BCUT2D eigenvalue weighted by Crippen LogP contribution is 2.36. The molecule has 1 aliphatic rings. The average molecular weight is 290 g/mol. The Kier molecular flexibility index (Phi) is 6.07. The lowest BCUT2D eigenvalue weighted by atomic mass is 9.75. The van der Waals surface area contributed by atoms with Gasteiger partial charge in [-0.15, -0.1) is 0 Å². The molecule has 0 spiro atoms. The minimum absolute atomic E-state index is 0.187. The molecule has 2 unspecified atom stereocenters. The standard InChI is InChI=1S/C18H30N2O/c1-3-20(12-13-21-17-9-5-4-6-10-17)18(15-19)11-7-8-16(2)14-18/h4-6,9-10,16H,3,7-8,11-15,19H2,1-2H3. The largest absolute Gasteiger partial charge is 0.492 e. The van der Waals surface area contributed by atoms with E-state index >= 15 is 0 Å². The van der Waals surface area contributed by atoms with Crippen LogP contribution in [0.5, 0.6) is 5.75 Å². The Labute approximate surface area is 129 Å². The van der Waals surface area contributed by atoms with Gasteiger partial charge in [0.05, 0.1) is 0 Å². The molecule has 1 aromatic carbocycles. The Morgan fingerprint density at radius 3 is 2.71 bits per heavy atom. The second-order valence-electron chi connectivity index (χ2n) is 6.37. The van der Waals surface area contributed by atoms with Gasteiger partial charge < -0.3 is 10.5 Å². The molecule has 3 heteroatoms. The van der Waals surface area contributed by atoms with Gasteiger partial charge in [-0.25, -0.2) is 0 Å². The van der Waals surface area contributed by atoms with Crippen molar-refractivity contribution in [3.8, 4) is 5.75 Å². The molecule has 1 aromatic rings. The molecular formula is C18H30N2O. The minimum Gasteiger partial charge on any atom is -0.492 e. The molecule has 118 valence electrons. The van der Waals surface area contributed by atoms with Crippen molar-refractivity contribution in [2.45, 2.75) is 45.1 Å². The molecule has 2 N–H and O–H groups in total. The van der Waals surface area contributed by atoms with Crippen LogP contribution >= 0.6 is 0 Å². The highest BCUT2D eigenvalue weighted by Gasteiger charge is 2.38.